The maximum absolute atomic E-state index is 12.0. The van der Waals surface area contributed by atoms with Gasteiger partial charge in [-0.15, -0.1) is 10.2 Å². The number of aromatic nitrogens is 3. The van der Waals surface area contributed by atoms with Gasteiger partial charge in [0.25, 0.3) is 0 Å². The highest BCUT2D eigenvalue weighted by atomic mass is 32.2. The van der Waals surface area contributed by atoms with E-state index in [1.165, 1.54) is 24.8 Å². The number of amides is 1. The number of rotatable bonds is 5. The molecule has 30 heavy (non-hydrogen) atoms. The summed E-state index contributed by atoms with van der Waals surface area (Å²) >= 11 is 1.50. The molecule has 7 nitrogen and oxygen atoms in total. The molecule has 0 aliphatic carbocycles. The first kappa shape index (κ1) is 19.9. The third-order valence-corrected chi connectivity index (χ3v) is 5.80. The Hall–Kier alpha value is -3.39. The molecular formula is C22H20N4O3S. The Bertz CT molecular complexity index is 1310. The van der Waals surface area contributed by atoms with Gasteiger partial charge in [-0.05, 0) is 30.2 Å². The van der Waals surface area contributed by atoms with Crippen molar-refractivity contribution in [3.05, 3.63) is 70.1 Å². The smallest absolute Gasteiger partial charge is 0.336 e. The molecule has 4 rings (SSSR count). The van der Waals surface area contributed by atoms with Crippen LogP contribution in [0.2, 0.25) is 0 Å². The highest BCUT2D eigenvalue weighted by Gasteiger charge is 2.14. The first-order chi connectivity index (χ1) is 14.4. The highest BCUT2D eigenvalue weighted by molar-refractivity contribution is 7.98. The van der Waals surface area contributed by atoms with Gasteiger partial charge in [0, 0.05) is 48.5 Å². The second kappa shape index (κ2) is 8.16. The molecule has 0 bridgehead atoms. The minimum absolute atomic E-state index is 0.185. The first-order valence-electron chi connectivity index (χ1n) is 9.35. The molecule has 0 saturated heterocycles. The van der Waals surface area contributed by atoms with Crippen LogP contribution in [-0.2, 0) is 17.6 Å². The lowest BCUT2D eigenvalue weighted by Crippen LogP contribution is -2.06. The van der Waals surface area contributed by atoms with E-state index in [0.717, 1.165) is 33.1 Å². The molecule has 0 saturated carbocycles. The summed E-state index contributed by atoms with van der Waals surface area (Å²) in [5.41, 5.74) is 3.58. The van der Waals surface area contributed by atoms with Gasteiger partial charge in [-0.2, -0.15) is 0 Å². The number of aryl methyl sites for hydroxylation is 1. The summed E-state index contributed by atoms with van der Waals surface area (Å²) in [5, 5.41) is 12.9. The number of carbonyl (C=O) groups is 1. The predicted molar refractivity (Wildman–Crippen MR) is 118 cm³/mol. The largest absolute Gasteiger partial charge is 0.423 e. The summed E-state index contributed by atoms with van der Waals surface area (Å²) in [7, 11) is 1.93. The molecule has 0 aliphatic rings. The van der Waals surface area contributed by atoms with E-state index in [0.29, 0.717) is 17.0 Å². The fourth-order valence-corrected chi connectivity index (χ4v) is 4.17. The Balaban J connectivity index is 1.62. The summed E-state index contributed by atoms with van der Waals surface area (Å²) in [6.07, 6.45) is 0. The predicted octanol–water partition coefficient (Wildman–Crippen LogP) is 4.15. The zero-order valence-corrected chi connectivity index (χ0v) is 17.6. The highest BCUT2D eigenvalue weighted by Crippen LogP contribution is 2.29. The topological polar surface area (TPSA) is 90.0 Å². The first-order valence-corrected chi connectivity index (χ1v) is 10.3. The number of fused-ring (bicyclic) bond motifs is 1. The number of carbonyl (C=O) groups excluding carboxylic acids is 1. The molecule has 0 unspecified atom stereocenters. The molecule has 2 aromatic carbocycles. The summed E-state index contributed by atoms with van der Waals surface area (Å²) in [4.78, 5) is 23.3. The van der Waals surface area contributed by atoms with Gasteiger partial charge < -0.3 is 14.3 Å². The molecule has 2 aromatic heterocycles. The Labute approximate surface area is 177 Å². The van der Waals surface area contributed by atoms with Crippen molar-refractivity contribution in [2.75, 3.05) is 5.32 Å². The molecule has 2 heterocycles. The van der Waals surface area contributed by atoms with Crippen molar-refractivity contribution >= 4 is 34.3 Å². The van der Waals surface area contributed by atoms with Crippen molar-refractivity contribution in [1.29, 1.82) is 0 Å². The van der Waals surface area contributed by atoms with Crippen LogP contribution in [0.3, 0.4) is 0 Å². The van der Waals surface area contributed by atoms with Crippen molar-refractivity contribution in [1.82, 2.24) is 14.8 Å². The maximum atomic E-state index is 12.0. The number of benzene rings is 2. The van der Waals surface area contributed by atoms with Crippen LogP contribution in [0, 0.1) is 6.92 Å². The zero-order valence-electron chi connectivity index (χ0n) is 16.8. The second-order valence-corrected chi connectivity index (χ2v) is 7.89. The van der Waals surface area contributed by atoms with Crippen LogP contribution < -0.4 is 10.9 Å². The summed E-state index contributed by atoms with van der Waals surface area (Å²) in [5.74, 6) is 1.14. The number of hydrogen-bond acceptors (Lipinski definition) is 6. The lowest BCUT2D eigenvalue weighted by molar-refractivity contribution is -0.114. The Morgan fingerprint density at radius 3 is 2.73 bits per heavy atom. The Kier molecular flexibility index (Phi) is 5.41. The van der Waals surface area contributed by atoms with Crippen molar-refractivity contribution in [2.45, 2.75) is 24.8 Å². The summed E-state index contributed by atoms with van der Waals surface area (Å²) in [6, 6.07) is 14.8. The SMILES string of the molecule is CC(=O)Nc1ccc2c(CSc3nnc(-c4ccccc4C)n3C)cc(=O)oc2c1. The van der Waals surface area contributed by atoms with Gasteiger partial charge in [-0.1, -0.05) is 36.0 Å². The van der Waals surface area contributed by atoms with Gasteiger partial charge in [0.05, 0.1) is 0 Å². The number of nitrogens with zero attached hydrogens (tertiary/aromatic N) is 3. The lowest BCUT2D eigenvalue weighted by atomic mass is 10.1. The van der Waals surface area contributed by atoms with Gasteiger partial charge in [-0.25, -0.2) is 4.79 Å². The second-order valence-electron chi connectivity index (χ2n) is 6.95. The molecule has 8 heteroatoms. The van der Waals surface area contributed by atoms with Crippen LogP contribution >= 0.6 is 11.8 Å². The van der Waals surface area contributed by atoms with Crippen molar-refractivity contribution < 1.29 is 9.21 Å². The molecule has 1 amide bonds. The van der Waals surface area contributed by atoms with Crippen LogP contribution in [0.25, 0.3) is 22.4 Å². The normalized spacial score (nSPS) is 11.0. The van der Waals surface area contributed by atoms with Crippen LogP contribution in [-0.4, -0.2) is 20.7 Å². The van der Waals surface area contributed by atoms with E-state index in [4.69, 9.17) is 4.42 Å². The number of hydrogen-bond donors (Lipinski definition) is 1. The fourth-order valence-electron chi connectivity index (χ4n) is 3.27. The molecule has 4 aromatic rings. The third kappa shape index (κ3) is 3.99. The van der Waals surface area contributed by atoms with Gasteiger partial charge in [0.1, 0.15) is 5.58 Å². The van der Waals surface area contributed by atoms with Gasteiger partial charge in [-0.3, -0.25) is 4.79 Å². The van der Waals surface area contributed by atoms with Crippen molar-refractivity contribution in [2.24, 2.45) is 7.05 Å². The lowest BCUT2D eigenvalue weighted by Gasteiger charge is -2.08. The molecule has 1 N–H and O–H groups in total. The Morgan fingerprint density at radius 2 is 1.97 bits per heavy atom. The Morgan fingerprint density at radius 1 is 1.17 bits per heavy atom. The zero-order chi connectivity index (χ0) is 21.3. The van der Waals surface area contributed by atoms with E-state index in [9.17, 15) is 9.59 Å². The maximum Gasteiger partial charge on any atom is 0.336 e. The van der Waals surface area contributed by atoms with Crippen LogP contribution in [0.15, 0.2) is 62.9 Å². The van der Waals surface area contributed by atoms with E-state index in [1.807, 2.05) is 48.9 Å². The monoisotopic (exact) mass is 420 g/mol. The average molecular weight is 420 g/mol. The molecular weight excluding hydrogens is 400 g/mol. The van der Waals surface area contributed by atoms with Crippen LogP contribution in [0.5, 0.6) is 0 Å². The molecule has 0 radical (unpaired) electrons. The summed E-state index contributed by atoms with van der Waals surface area (Å²) < 4.78 is 7.28. The van der Waals surface area contributed by atoms with E-state index in [-0.39, 0.29) is 5.91 Å². The fraction of sp³-hybridized carbons (Fsp3) is 0.182. The average Bonchev–Trinajstić information content (AvgIpc) is 3.06. The molecule has 152 valence electrons. The molecule has 0 spiro atoms. The molecule has 0 aliphatic heterocycles. The van der Waals surface area contributed by atoms with Gasteiger partial charge >= 0.3 is 5.63 Å². The van der Waals surface area contributed by atoms with E-state index >= 15 is 0 Å². The quantitative estimate of drug-likeness (QED) is 0.385. The van der Waals surface area contributed by atoms with E-state index < -0.39 is 5.63 Å². The van der Waals surface area contributed by atoms with Crippen molar-refractivity contribution in [3.63, 3.8) is 0 Å². The van der Waals surface area contributed by atoms with Gasteiger partial charge in [0.15, 0.2) is 11.0 Å². The number of anilines is 1. The number of thioether (sulfide) groups is 1. The summed E-state index contributed by atoms with van der Waals surface area (Å²) in [6.45, 7) is 3.47. The van der Waals surface area contributed by atoms with Gasteiger partial charge in [0.2, 0.25) is 5.91 Å². The minimum atomic E-state index is -0.434. The standard InChI is InChI=1S/C22H20N4O3S/c1-13-6-4-5-7-17(13)21-24-25-22(26(21)3)30-12-15-10-20(28)29-19-11-16(23-14(2)27)8-9-18(15)19/h4-11H,12H2,1-3H3,(H,23,27). The molecule has 0 atom stereocenters. The van der Waals surface area contributed by atoms with E-state index in [2.05, 4.69) is 15.5 Å². The third-order valence-electron chi connectivity index (χ3n) is 4.73. The van der Waals surface area contributed by atoms with Crippen molar-refractivity contribution in [3.8, 4) is 11.4 Å². The van der Waals surface area contributed by atoms with Crippen LogP contribution in [0.1, 0.15) is 18.1 Å². The van der Waals surface area contributed by atoms with Crippen LogP contribution in [0.4, 0.5) is 5.69 Å². The minimum Gasteiger partial charge on any atom is -0.423 e. The number of nitrogens with one attached hydrogen (secondary N) is 1. The molecule has 0 fully saturated rings. The van der Waals surface area contributed by atoms with E-state index in [1.54, 1.807) is 12.1 Å².